The molecule has 0 aliphatic rings. The van der Waals surface area contributed by atoms with Crippen LogP contribution in [-0.2, 0) is 9.53 Å². The SMILES string of the molecule is CN(C)C(=O)CCCOC(=O)c1cc(F)c(N)cc1F. The van der Waals surface area contributed by atoms with Crippen molar-refractivity contribution in [2.24, 2.45) is 0 Å². The summed E-state index contributed by atoms with van der Waals surface area (Å²) in [6.07, 6.45) is 0.515. The molecule has 0 aliphatic heterocycles. The van der Waals surface area contributed by atoms with Gasteiger partial charge >= 0.3 is 5.97 Å². The van der Waals surface area contributed by atoms with Crippen molar-refractivity contribution in [2.75, 3.05) is 26.4 Å². The third-order valence-electron chi connectivity index (χ3n) is 2.57. The number of nitrogens with zero attached hydrogens (tertiary/aromatic N) is 1. The van der Waals surface area contributed by atoms with Gasteiger partial charge in [-0.05, 0) is 12.5 Å². The van der Waals surface area contributed by atoms with Crippen molar-refractivity contribution in [3.05, 3.63) is 29.3 Å². The third kappa shape index (κ3) is 4.18. The van der Waals surface area contributed by atoms with Crippen LogP contribution in [0.4, 0.5) is 14.5 Å². The molecular weight excluding hydrogens is 270 g/mol. The zero-order valence-corrected chi connectivity index (χ0v) is 11.3. The lowest BCUT2D eigenvalue weighted by atomic mass is 10.2. The number of amides is 1. The van der Waals surface area contributed by atoms with E-state index in [4.69, 9.17) is 10.5 Å². The second-order valence-electron chi connectivity index (χ2n) is 4.38. The lowest BCUT2D eigenvalue weighted by Gasteiger charge is -2.10. The monoisotopic (exact) mass is 286 g/mol. The number of ether oxygens (including phenoxy) is 1. The number of hydrogen-bond donors (Lipinski definition) is 1. The smallest absolute Gasteiger partial charge is 0.341 e. The minimum Gasteiger partial charge on any atom is -0.462 e. The van der Waals surface area contributed by atoms with Crippen molar-refractivity contribution in [3.8, 4) is 0 Å². The normalized spacial score (nSPS) is 10.2. The molecule has 1 rings (SSSR count). The van der Waals surface area contributed by atoms with Crippen molar-refractivity contribution >= 4 is 17.6 Å². The molecule has 0 heterocycles. The molecule has 0 atom stereocenters. The first-order valence-corrected chi connectivity index (χ1v) is 5.94. The zero-order valence-electron chi connectivity index (χ0n) is 11.3. The van der Waals surface area contributed by atoms with E-state index in [9.17, 15) is 18.4 Å². The summed E-state index contributed by atoms with van der Waals surface area (Å²) >= 11 is 0. The van der Waals surface area contributed by atoms with Gasteiger partial charge in [-0.3, -0.25) is 4.79 Å². The van der Waals surface area contributed by atoms with E-state index in [1.54, 1.807) is 14.1 Å². The molecule has 5 nitrogen and oxygen atoms in total. The number of rotatable bonds is 5. The molecule has 0 radical (unpaired) electrons. The molecule has 2 N–H and O–H groups in total. The van der Waals surface area contributed by atoms with Gasteiger partial charge in [-0.1, -0.05) is 0 Å². The second kappa shape index (κ2) is 6.83. The molecular formula is C13H16F2N2O3. The van der Waals surface area contributed by atoms with E-state index in [0.29, 0.717) is 12.5 Å². The number of nitrogen functional groups attached to an aromatic ring is 1. The fourth-order valence-corrected chi connectivity index (χ4v) is 1.41. The minimum atomic E-state index is -0.987. The summed E-state index contributed by atoms with van der Waals surface area (Å²) in [5.41, 5.74) is 4.27. The molecule has 0 aromatic heterocycles. The number of benzene rings is 1. The molecule has 0 saturated carbocycles. The second-order valence-corrected chi connectivity index (χ2v) is 4.38. The van der Waals surface area contributed by atoms with Crippen LogP contribution in [0.1, 0.15) is 23.2 Å². The van der Waals surface area contributed by atoms with E-state index in [2.05, 4.69) is 0 Å². The van der Waals surface area contributed by atoms with E-state index in [1.165, 1.54) is 4.90 Å². The van der Waals surface area contributed by atoms with Crippen molar-refractivity contribution in [1.82, 2.24) is 4.90 Å². The van der Waals surface area contributed by atoms with Gasteiger partial charge < -0.3 is 15.4 Å². The van der Waals surface area contributed by atoms with Crippen LogP contribution >= 0.6 is 0 Å². The van der Waals surface area contributed by atoms with Crippen LogP contribution in [-0.4, -0.2) is 37.5 Å². The maximum atomic E-state index is 13.4. The Balaban J connectivity index is 2.52. The van der Waals surface area contributed by atoms with Crippen molar-refractivity contribution in [2.45, 2.75) is 12.8 Å². The highest BCUT2D eigenvalue weighted by Gasteiger charge is 2.16. The highest BCUT2D eigenvalue weighted by atomic mass is 19.1. The van der Waals surface area contributed by atoms with Crippen LogP contribution < -0.4 is 5.73 Å². The summed E-state index contributed by atoms with van der Waals surface area (Å²) in [7, 11) is 3.22. The van der Waals surface area contributed by atoms with Crippen molar-refractivity contribution in [1.29, 1.82) is 0 Å². The lowest BCUT2D eigenvalue weighted by molar-refractivity contribution is -0.128. The van der Waals surface area contributed by atoms with Gasteiger partial charge in [0, 0.05) is 26.6 Å². The minimum absolute atomic E-state index is 0.0517. The largest absolute Gasteiger partial charge is 0.462 e. The van der Waals surface area contributed by atoms with E-state index in [0.717, 1.165) is 6.07 Å². The highest BCUT2D eigenvalue weighted by Crippen LogP contribution is 2.17. The van der Waals surface area contributed by atoms with Crippen molar-refractivity contribution < 1.29 is 23.1 Å². The Kier molecular flexibility index (Phi) is 5.42. The number of carbonyl (C=O) groups excluding carboxylic acids is 2. The molecule has 20 heavy (non-hydrogen) atoms. The van der Waals surface area contributed by atoms with E-state index < -0.39 is 23.2 Å². The van der Waals surface area contributed by atoms with Crippen molar-refractivity contribution in [3.63, 3.8) is 0 Å². The number of halogens is 2. The number of esters is 1. The number of hydrogen-bond acceptors (Lipinski definition) is 4. The molecule has 0 saturated heterocycles. The Morgan fingerprint density at radius 2 is 1.90 bits per heavy atom. The van der Waals surface area contributed by atoms with Crippen LogP contribution in [0.3, 0.4) is 0 Å². The van der Waals surface area contributed by atoms with Gasteiger partial charge in [-0.25, -0.2) is 13.6 Å². The quantitative estimate of drug-likeness (QED) is 0.506. The van der Waals surface area contributed by atoms with Crippen LogP contribution in [0.25, 0.3) is 0 Å². The maximum absolute atomic E-state index is 13.4. The first-order valence-electron chi connectivity index (χ1n) is 5.94. The summed E-state index contributed by atoms with van der Waals surface area (Å²) in [5.74, 6) is -2.93. The van der Waals surface area contributed by atoms with Crippen LogP contribution in [0.5, 0.6) is 0 Å². The predicted molar refractivity (Wildman–Crippen MR) is 69.0 cm³/mol. The fraction of sp³-hybridized carbons (Fsp3) is 0.385. The van der Waals surface area contributed by atoms with Crippen LogP contribution in [0, 0.1) is 11.6 Å². The molecule has 1 amide bonds. The molecule has 1 aromatic rings. The molecule has 0 fully saturated rings. The molecule has 110 valence electrons. The van der Waals surface area contributed by atoms with Gasteiger partial charge in [-0.2, -0.15) is 0 Å². The summed E-state index contributed by atoms with van der Waals surface area (Å²) in [5, 5.41) is 0. The number of carbonyl (C=O) groups is 2. The molecule has 1 aromatic carbocycles. The molecule has 0 aliphatic carbocycles. The summed E-state index contributed by atoms with van der Waals surface area (Å²) in [6.45, 7) is -0.0517. The van der Waals surface area contributed by atoms with E-state index in [-0.39, 0.29) is 24.6 Å². The predicted octanol–water partition coefficient (Wildman–Crippen LogP) is 1.57. The average Bonchev–Trinajstić information content (AvgIpc) is 2.38. The number of anilines is 1. The standard InChI is InChI=1S/C13H16F2N2O3/c1-17(2)12(18)4-3-5-20-13(19)8-6-10(15)11(16)7-9(8)14/h6-7H,3-5,16H2,1-2H3. The summed E-state index contributed by atoms with van der Waals surface area (Å²) in [6, 6.07) is 1.42. The summed E-state index contributed by atoms with van der Waals surface area (Å²) < 4.78 is 31.3. The van der Waals surface area contributed by atoms with Crippen LogP contribution in [0.15, 0.2) is 12.1 Å². The van der Waals surface area contributed by atoms with Crippen LogP contribution in [0.2, 0.25) is 0 Å². The molecule has 0 spiro atoms. The van der Waals surface area contributed by atoms with Gasteiger partial charge in [0.25, 0.3) is 0 Å². The molecule has 0 unspecified atom stereocenters. The highest BCUT2D eigenvalue weighted by molar-refractivity contribution is 5.90. The number of nitrogens with two attached hydrogens (primary N) is 1. The van der Waals surface area contributed by atoms with Gasteiger partial charge in [0.05, 0.1) is 17.9 Å². The van der Waals surface area contributed by atoms with Gasteiger partial charge in [0.1, 0.15) is 11.6 Å². The Labute approximate surface area is 115 Å². The Hall–Kier alpha value is -2.18. The average molecular weight is 286 g/mol. The van der Waals surface area contributed by atoms with Gasteiger partial charge in [0.15, 0.2) is 0 Å². The Morgan fingerprint density at radius 3 is 2.50 bits per heavy atom. The molecule has 0 bridgehead atoms. The molecule has 7 heteroatoms. The first-order chi connectivity index (χ1) is 9.32. The summed E-state index contributed by atoms with van der Waals surface area (Å²) in [4.78, 5) is 24.2. The van der Waals surface area contributed by atoms with Gasteiger partial charge in [-0.15, -0.1) is 0 Å². The Morgan fingerprint density at radius 1 is 1.25 bits per heavy atom. The first kappa shape index (κ1) is 15.9. The third-order valence-corrected chi connectivity index (χ3v) is 2.57. The Bertz CT molecular complexity index is 519. The maximum Gasteiger partial charge on any atom is 0.341 e. The van der Waals surface area contributed by atoms with Gasteiger partial charge in [0.2, 0.25) is 5.91 Å². The fourth-order valence-electron chi connectivity index (χ4n) is 1.41. The zero-order chi connectivity index (χ0) is 15.3. The van der Waals surface area contributed by atoms with E-state index in [1.807, 2.05) is 0 Å². The lowest BCUT2D eigenvalue weighted by Crippen LogP contribution is -2.21. The topological polar surface area (TPSA) is 72.6 Å². The van der Waals surface area contributed by atoms with E-state index >= 15 is 0 Å².